The molecule has 0 spiro atoms. The molecule has 12 N–H and O–H groups in total. The summed E-state index contributed by atoms with van der Waals surface area (Å²) in [5.41, 5.74) is 15.9. The summed E-state index contributed by atoms with van der Waals surface area (Å²) in [6, 6.07) is -5.85. The minimum atomic E-state index is -1.69. The smallest absolute Gasteiger partial charge is 0.326 e. The minimum Gasteiger partial charge on any atom is -0.481 e. The zero-order valence-corrected chi connectivity index (χ0v) is 18.0. The molecule has 0 aliphatic rings. The van der Waals surface area contributed by atoms with E-state index in [2.05, 4.69) is 16.0 Å². The van der Waals surface area contributed by atoms with E-state index in [0.29, 0.717) is 19.4 Å². The van der Waals surface area contributed by atoms with Crippen molar-refractivity contribution >= 4 is 35.6 Å². The number of primary amides is 1. The second kappa shape index (κ2) is 15.5. The van der Waals surface area contributed by atoms with E-state index in [1.165, 1.54) is 0 Å². The number of amides is 4. The summed E-state index contributed by atoms with van der Waals surface area (Å²) >= 11 is 0. The highest BCUT2D eigenvalue weighted by atomic mass is 16.4. The van der Waals surface area contributed by atoms with Gasteiger partial charge in [-0.2, -0.15) is 0 Å². The quantitative estimate of drug-likeness (QED) is 0.0905. The minimum absolute atomic E-state index is 0.0323. The fourth-order valence-electron chi connectivity index (χ4n) is 2.58. The van der Waals surface area contributed by atoms with Crippen molar-refractivity contribution in [3.05, 3.63) is 0 Å². The van der Waals surface area contributed by atoms with Crippen LogP contribution in [-0.2, 0) is 28.8 Å². The van der Waals surface area contributed by atoms with E-state index in [1.807, 2.05) is 0 Å². The lowest BCUT2D eigenvalue weighted by Gasteiger charge is -2.23. The zero-order chi connectivity index (χ0) is 25.6. The number of aliphatic carboxylic acids is 2. The van der Waals surface area contributed by atoms with E-state index in [9.17, 15) is 39.0 Å². The molecule has 0 aliphatic carbocycles. The van der Waals surface area contributed by atoms with Gasteiger partial charge in [-0.1, -0.05) is 0 Å². The predicted octanol–water partition coefficient (Wildman–Crippen LogP) is -4.29. The Labute approximate surface area is 189 Å². The first kappa shape index (κ1) is 29.7. The molecule has 0 aliphatic heterocycles. The molecular formula is C18H32N6O9. The molecule has 0 heterocycles. The first-order valence-corrected chi connectivity index (χ1v) is 10.1. The SMILES string of the molecule is NCCCCC(NC(=O)C(CC(=O)O)NC(=O)C(CO)NC(=O)C(N)CCC(N)=O)C(=O)O. The number of aliphatic hydroxyl groups excluding tert-OH is 1. The highest BCUT2D eigenvalue weighted by molar-refractivity contribution is 5.95. The standard InChI is InChI=1S/C18H32N6O9/c19-6-2-1-3-10(18(32)33)22-16(30)11(7-14(27)28)23-17(31)12(8-25)24-15(29)9(20)4-5-13(21)26/h9-12,25H,1-8,19-20H2,(H2,21,26)(H,22,30)(H,23,31)(H,24,29)(H,27,28)(H,32,33). The lowest BCUT2D eigenvalue weighted by atomic mass is 10.1. The number of carboxylic acid groups (broad SMARTS) is 2. The van der Waals surface area contributed by atoms with Crippen LogP contribution < -0.4 is 33.2 Å². The average molecular weight is 476 g/mol. The Hall–Kier alpha value is -3.30. The number of carboxylic acids is 2. The lowest BCUT2D eigenvalue weighted by molar-refractivity contribution is -0.144. The number of carbonyl (C=O) groups is 6. The number of rotatable bonds is 17. The largest absolute Gasteiger partial charge is 0.481 e. The Morgan fingerprint density at radius 2 is 1.33 bits per heavy atom. The van der Waals surface area contributed by atoms with E-state index in [4.69, 9.17) is 22.3 Å². The lowest BCUT2D eigenvalue weighted by Crippen LogP contribution is -2.58. The van der Waals surface area contributed by atoms with Crippen LogP contribution in [0, 0.1) is 0 Å². The molecule has 0 fully saturated rings. The third-order valence-corrected chi connectivity index (χ3v) is 4.43. The average Bonchev–Trinajstić information content (AvgIpc) is 2.73. The molecule has 0 aromatic rings. The van der Waals surface area contributed by atoms with Gasteiger partial charge in [0.2, 0.25) is 23.6 Å². The molecule has 0 rings (SSSR count). The third-order valence-electron chi connectivity index (χ3n) is 4.43. The van der Waals surface area contributed by atoms with Gasteiger partial charge in [0, 0.05) is 6.42 Å². The van der Waals surface area contributed by atoms with Crippen LogP contribution in [0.4, 0.5) is 0 Å². The van der Waals surface area contributed by atoms with Crippen LogP contribution in [0.3, 0.4) is 0 Å². The molecule has 0 saturated carbocycles. The van der Waals surface area contributed by atoms with Crippen molar-refractivity contribution in [2.45, 2.75) is 62.7 Å². The van der Waals surface area contributed by atoms with E-state index >= 15 is 0 Å². The summed E-state index contributed by atoms with van der Waals surface area (Å²) in [5, 5.41) is 34.1. The number of hydrogen-bond acceptors (Lipinski definition) is 9. The van der Waals surface area contributed by atoms with Crippen LogP contribution in [0.2, 0.25) is 0 Å². The molecule has 188 valence electrons. The maximum absolute atomic E-state index is 12.5. The maximum atomic E-state index is 12.5. The van der Waals surface area contributed by atoms with Gasteiger partial charge in [0.25, 0.3) is 0 Å². The van der Waals surface area contributed by atoms with Crippen LogP contribution in [0.15, 0.2) is 0 Å². The van der Waals surface area contributed by atoms with Gasteiger partial charge in [-0.25, -0.2) is 4.79 Å². The number of carbonyl (C=O) groups excluding carboxylic acids is 4. The summed E-state index contributed by atoms with van der Waals surface area (Å²) in [6.07, 6.45) is -0.276. The van der Waals surface area contributed by atoms with E-state index in [0.717, 1.165) is 0 Å². The Morgan fingerprint density at radius 1 is 0.788 bits per heavy atom. The summed E-state index contributed by atoms with van der Waals surface area (Å²) in [7, 11) is 0. The van der Waals surface area contributed by atoms with Gasteiger partial charge in [0.05, 0.1) is 19.1 Å². The summed E-state index contributed by atoms with van der Waals surface area (Å²) in [5.74, 6) is -6.60. The van der Waals surface area contributed by atoms with Crippen molar-refractivity contribution < 1.29 is 44.1 Å². The fraction of sp³-hybridized carbons (Fsp3) is 0.667. The molecule has 4 atom stereocenters. The molecule has 0 bridgehead atoms. The fourth-order valence-corrected chi connectivity index (χ4v) is 2.58. The first-order valence-electron chi connectivity index (χ1n) is 10.1. The van der Waals surface area contributed by atoms with Gasteiger partial charge in [-0.05, 0) is 32.2 Å². The summed E-state index contributed by atoms with van der Waals surface area (Å²) in [6.45, 7) is -0.600. The van der Waals surface area contributed by atoms with Crippen LogP contribution in [-0.4, -0.2) is 88.2 Å². The zero-order valence-electron chi connectivity index (χ0n) is 18.0. The molecule has 0 aromatic carbocycles. The topological polar surface area (TPSA) is 277 Å². The number of nitrogens with one attached hydrogen (secondary N) is 3. The number of hydrogen-bond donors (Lipinski definition) is 9. The molecule has 33 heavy (non-hydrogen) atoms. The Balaban J connectivity index is 5.20. The molecule has 4 unspecified atom stereocenters. The Kier molecular flexibility index (Phi) is 13.9. The molecule has 0 aromatic heterocycles. The maximum Gasteiger partial charge on any atom is 0.326 e. The Morgan fingerprint density at radius 3 is 1.82 bits per heavy atom. The van der Waals surface area contributed by atoms with Gasteiger partial charge in [0.15, 0.2) is 0 Å². The van der Waals surface area contributed by atoms with Gasteiger partial charge >= 0.3 is 11.9 Å². The predicted molar refractivity (Wildman–Crippen MR) is 112 cm³/mol. The van der Waals surface area contributed by atoms with Crippen molar-refractivity contribution in [1.82, 2.24) is 16.0 Å². The highest BCUT2D eigenvalue weighted by Gasteiger charge is 2.31. The normalized spacial score (nSPS) is 14.3. The van der Waals surface area contributed by atoms with Crippen LogP contribution in [0.1, 0.15) is 38.5 Å². The van der Waals surface area contributed by atoms with Gasteiger partial charge in [0.1, 0.15) is 18.1 Å². The van der Waals surface area contributed by atoms with Crippen molar-refractivity contribution in [2.75, 3.05) is 13.2 Å². The number of aliphatic hydroxyl groups is 1. The van der Waals surface area contributed by atoms with Crippen molar-refractivity contribution in [3.63, 3.8) is 0 Å². The number of unbranched alkanes of at least 4 members (excludes halogenated alkanes) is 1. The Bertz CT molecular complexity index is 718. The molecular weight excluding hydrogens is 444 g/mol. The van der Waals surface area contributed by atoms with E-state index < -0.39 is 72.8 Å². The van der Waals surface area contributed by atoms with E-state index in [1.54, 1.807) is 0 Å². The molecule has 0 radical (unpaired) electrons. The van der Waals surface area contributed by atoms with Gasteiger partial charge in [-0.15, -0.1) is 0 Å². The molecule has 15 nitrogen and oxygen atoms in total. The van der Waals surface area contributed by atoms with Crippen molar-refractivity contribution in [2.24, 2.45) is 17.2 Å². The number of nitrogens with two attached hydrogens (primary N) is 3. The van der Waals surface area contributed by atoms with Crippen LogP contribution in [0.5, 0.6) is 0 Å². The molecule has 4 amide bonds. The molecule has 0 saturated heterocycles. The van der Waals surface area contributed by atoms with Crippen LogP contribution in [0.25, 0.3) is 0 Å². The van der Waals surface area contributed by atoms with Gasteiger partial charge < -0.3 is 48.5 Å². The summed E-state index contributed by atoms with van der Waals surface area (Å²) < 4.78 is 0. The molecule has 15 heteroatoms. The van der Waals surface area contributed by atoms with Crippen LogP contribution >= 0.6 is 0 Å². The van der Waals surface area contributed by atoms with E-state index in [-0.39, 0.29) is 19.3 Å². The first-order chi connectivity index (χ1) is 15.4. The van der Waals surface area contributed by atoms with Crippen molar-refractivity contribution in [1.29, 1.82) is 0 Å². The third kappa shape index (κ3) is 12.4. The second-order valence-corrected chi connectivity index (χ2v) is 7.20. The monoisotopic (exact) mass is 476 g/mol. The second-order valence-electron chi connectivity index (χ2n) is 7.20. The van der Waals surface area contributed by atoms with Gasteiger partial charge in [-0.3, -0.25) is 24.0 Å². The highest BCUT2D eigenvalue weighted by Crippen LogP contribution is 2.03. The van der Waals surface area contributed by atoms with Crippen molar-refractivity contribution in [3.8, 4) is 0 Å². The summed E-state index contributed by atoms with van der Waals surface area (Å²) in [4.78, 5) is 70.2.